The van der Waals surface area contributed by atoms with Gasteiger partial charge in [-0.05, 0) is 96.7 Å². The third kappa shape index (κ3) is 23.9. The lowest BCUT2D eigenvalue weighted by Gasteiger charge is -2.28. The molecule has 0 radical (unpaired) electrons. The van der Waals surface area contributed by atoms with Crippen LogP contribution >= 0.6 is 0 Å². The Hall–Kier alpha value is -7.45. The standard InChI is InChI=1S/C49H85N19O12/c1-4-27(2)38(48(79)80)66-43(74)32(15-10-20-58-49(55)56)63-42(73)31(13-6-8-18-51)64-44(75)34(22-29-24-57-26-60-29)65-45(76)35-16-11-21-68(35)47(78)33(14-9-19-52)62-37(70)25-59-40(71)28(3)61-46(77)39(36(69)23-53)67-41(72)30(54)12-5-7-17-50/h15,24,26-28,30-31,34-36,38-39,69H,4-14,16-23,25,50-54H2,1-3H3,(H,57,60)(H,59,71)(H,61,77)(H,63,73)(H,64,75)(H,65,76)(H,66,74)(H,67,72)(H,79,80)(H4,55,56,58)/b32-15-,62-33?/t27-,28-,30-,31-,34-,35-,36-,38-,39-/m0/s1. The minimum Gasteiger partial charge on any atom is -0.480 e. The number of carboxylic acid groups (broad SMARTS) is 1. The lowest BCUT2D eigenvalue weighted by atomic mass is 9.99. The van der Waals surface area contributed by atoms with E-state index in [0.717, 1.165) is 0 Å². The molecule has 31 nitrogen and oxygen atoms in total. The smallest absolute Gasteiger partial charge is 0.326 e. The molecule has 1 aliphatic rings. The lowest BCUT2D eigenvalue weighted by Crippen LogP contribution is -2.60. The van der Waals surface area contributed by atoms with Gasteiger partial charge in [-0.2, -0.15) is 0 Å². The van der Waals surface area contributed by atoms with Crippen molar-refractivity contribution in [1.82, 2.24) is 52.1 Å². The Bertz CT molecular complexity index is 2310. The third-order valence-electron chi connectivity index (χ3n) is 12.9. The molecule has 80 heavy (non-hydrogen) atoms. The van der Waals surface area contributed by atoms with Crippen molar-refractivity contribution < 1.29 is 58.2 Å². The summed E-state index contributed by atoms with van der Waals surface area (Å²) in [5.41, 5.74) is 39.2. The molecule has 24 N–H and O–H groups in total. The van der Waals surface area contributed by atoms with Gasteiger partial charge in [-0.15, -0.1) is 0 Å². The molecule has 2 rings (SSSR count). The van der Waals surface area contributed by atoms with E-state index in [2.05, 4.69) is 57.2 Å². The van der Waals surface area contributed by atoms with Crippen molar-refractivity contribution in [2.24, 2.45) is 56.0 Å². The average molecular weight is 1130 g/mol. The van der Waals surface area contributed by atoms with Crippen molar-refractivity contribution in [2.45, 2.75) is 153 Å². The van der Waals surface area contributed by atoms with Gasteiger partial charge >= 0.3 is 5.97 Å². The molecule has 1 aromatic rings. The second-order valence-corrected chi connectivity index (χ2v) is 19.2. The maximum absolute atomic E-state index is 14.3. The van der Waals surface area contributed by atoms with E-state index < -0.39 is 127 Å². The molecule has 1 saturated heterocycles. The predicted molar refractivity (Wildman–Crippen MR) is 294 cm³/mol. The van der Waals surface area contributed by atoms with Crippen LogP contribution in [-0.4, -0.2) is 190 Å². The summed E-state index contributed by atoms with van der Waals surface area (Å²) in [7, 11) is 0. The van der Waals surface area contributed by atoms with E-state index in [-0.39, 0.29) is 88.5 Å². The molecule has 1 aromatic heterocycles. The predicted octanol–water partition coefficient (Wildman–Crippen LogP) is -6.09. The van der Waals surface area contributed by atoms with Gasteiger partial charge in [0.05, 0.1) is 25.0 Å². The molecule has 0 unspecified atom stereocenters. The maximum atomic E-state index is 14.3. The number of aliphatic hydroxyl groups is 1. The van der Waals surface area contributed by atoms with Gasteiger partial charge in [0.2, 0.25) is 35.4 Å². The number of hydrogen-bond donors (Lipinski definition) is 17. The monoisotopic (exact) mass is 1130 g/mol. The number of likely N-dealkylation sites (tertiary alicyclic amines) is 1. The van der Waals surface area contributed by atoms with E-state index in [1.54, 1.807) is 13.8 Å². The van der Waals surface area contributed by atoms with Gasteiger partial charge < -0.3 is 97.5 Å². The van der Waals surface area contributed by atoms with Crippen LogP contribution in [0.2, 0.25) is 0 Å². The van der Waals surface area contributed by atoms with Crippen molar-refractivity contribution in [3.63, 3.8) is 0 Å². The molecule has 9 atom stereocenters. The van der Waals surface area contributed by atoms with E-state index >= 15 is 0 Å². The number of aromatic nitrogens is 2. The molecule has 0 bridgehead atoms. The van der Waals surface area contributed by atoms with Crippen molar-refractivity contribution >= 4 is 70.8 Å². The molecule has 448 valence electrons. The van der Waals surface area contributed by atoms with Gasteiger partial charge in [0.15, 0.2) is 5.96 Å². The quantitative estimate of drug-likeness (QED) is 0.0128. The lowest BCUT2D eigenvalue weighted by molar-refractivity contribution is -0.143. The van der Waals surface area contributed by atoms with Crippen LogP contribution in [0.4, 0.5) is 0 Å². The first-order valence-corrected chi connectivity index (χ1v) is 26.7. The normalized spacial score (nSPS) is 16.5. The van der Waals surface area contributed by atoms with E-state index in [1.807, 2.05) is 0 Å². The number of aliphatic imine (C=N–C) groups is 2. The van der Waals surface area contributed by atoms with Gasteiger partial charge in [-0.1, -0.05) is 32.8 Å². The number of H-pyrrole nitrogens is 1. The molecule has 0 aliphatic carbocycles. The van der Waals surface area contributed by atoms with Crippen molar-refractivity contribution in [3.8, 4) is 0 Å². The van der Waals surface area contributed by atoms with E-state index in [4.69, 9.17) is 40.1 Å². The SMILES string of the molecule is CC[C@H](C)[C@H](NC(=O)/C(=C/CCN=C(N)N)NC(=O)[C@H](CCCCN)NC(=O)[C@H](Cc1cnc[nH]1)NC(=O)[C@@H]1CCCN1C(=O)C(CCCN)=NC(=O)CNC(=O)[C@H](C)NC(=O)[C@@H](NC(=O)[C@@H](N)CCCCN)[C@@H](O)CN)C(=O)O. The van der Waals surface area contributed by atoms with Gasteiger partial charge in [0.25, 0.3) is 17.7 Å². The number of aliphatic carboxylic acids is 1. The van der Waals surface area contributed by atoms with Crippen LogP contribution < -0.4 is 77.4 Å². The number of nitrogens with two attached hydrogens (primary N) is 7. The number of amides is 9. The second-order valence-electron chi connectivity index (χ2n) is 19.2. The van der Waals surface area contributed by atoms with Crippen LogP contribution in [0.3, 0.4) is 0 Å². The topological polar surface area (TPSA) is 534 Å². The zero-order chi connectivity index (χ0) is 59.9. The van der Waals surface area contributed by atoms with Crippen LogP contribution in [0, 0.1) is 5.92 Å². The zero-order valence-corrected chi connectivity index (χ0v) is 45.9. The minimum atomic E-state index is -1.58. The first-order valence-electron chi connectivity index (χ1n) is 26.7. The van der Waals surface area contributed by atoms with Crippen LogP contribution in [0.15, 0.2) is 34.3 Å². The van der Waals surface area contributed by atoms with Gasteiger partial charge in [0, 0.05) is 37.9 Å². The fourth-order valence-corrected chi connectivity index (χ4v) is 8.03. The Balaban J connectivity index is 2.34. The zero-order valence-electron chi connectivity index (χ0n) is 45.9. The van der Waals surface area contributed by atoms with Gasteiger partial charge in [0.1, 0.15) is 47.7 Å². The molecule has 2 heterocycles. The highest BCUT2D eigenvalue weighted by Crippen LogP contribution is 2.20. The van der Waals surface area contributed by atoms with E-state index in [1.165, 1.54) is 30.4 Å². The van der Waals surface area contributed by atoms with Crippen LogP contribution in [0.1, 0.15) is 104 Å². The van der Waals surface area contributed by atoms with Crippen LogP contribution in [0.5, 0.6) is 0 Å². The molecule has 1 aliphatic heterocycles. The molecule has 0 spiro atoms. The molecule has 31 heteroatoms. The summed E-state index contributed by atoms with van der Waals surface area (Å²) in [5.74, 6) is -9.78. The van der Waals surface area contributed by atoms with E-state index in [0.29, 0.717) is 50.8 Å². The summed E-state index contributed by atoms with van der Waals surface area (Å²) < 4.78 is 0. The highest BCUT2D eigenvalue weighted by atomic mass is 16.4. The number of carbonyl (C=O) groups excluding carboxylic acids is 9. The van der Waals surface area contributed by atoms with Gasteiger partial charge in [-0.25, -0.2) is 14.8 Å². The number of carboxylic acids is 1. The average Bonchev–Trinajstić information content (AvgIpc) is 4.15. The number of nitrogens with one attached hydrogen (secondary N) is 8. The number of aliphatic hydroxyl groups excluding tert-OH is 1. The number of carbonyl (C=O) groups is 10. The Morgan fingerprint density at radius 1 is 0.825 bits per heavy atom. The highest BCUT2D eigenvalue weighted by Gasteiger charge is 2.39. The molecular weight excluding hydrogens is 1050 g/mol. The van der Waals surface area contributed by atoms with Gasteiger partial charge in [-0.3, -0.25) is 48.1 Å². The summed E-state index contributed by atoms with van der Waals surface area (Å²) in [6.07, 6.45) is 5.50. The summed E-state index contributed by atoms with van der Waals surface area (Å²) in [5, 5.41) is 37.7. The van der Waals surface area contributed by atoms with Crippen LogP contribution in [0.25, 0.3) is 0 Å². The second kappa shape index (κ2) is 36.7. The number of guanidine groups is 1. The Kier molecular flexibility index (Phi) is 31.5. The summed E-state index contributed by atoms with van der Waals surface area (Å²) in [6.45, 7) is 4.25. The minimum absolute atomic E-state index is 0.00542. The summed E-state index contributed by atoms with van der Waals surface area (Å²) in [6, 6.07) is -9.16. The summed E-state index contributed by atoms with van der Waals surface area (Å²) >= 11 is 0. The number of rotatable bonds is 37. The Labute approximate surface area is 464 Å². The molecule has 0 aromatic carbocycles. The number of hydrogen-bond acceptors (Lipinski definition) is 18. The fourth-order valence-electron chi connectivity index (χ4n) is 8.03. The van der Waals surface area contributed by atoms with Crippen LogP contribution in [-0.2, 0) is 54.4 Å². The van der Waals surface area contributed by atoms with Crippen molar-refractivity contribution in [1.29, 1.82) is 0 Å². The maximum Gasteiger partial charge on any atom is 0.326 e. The third-order valence-corrected chi connectivity index (χ3v) is 12.9. The Morgan fingerprint density at radius 2 is 1.50 bits per heavy atom. The number of unbranched alkanes of at least 4 members (excludes halogenated alkanes) is 2. The molecule has 9 amide bonds. The largest absolute Gasteiger partial charge is 0.480 e. The number of aromatic amines is 1. The first-order chi connectivity index (χ1) is 38.0. The first kappa shape index (κ1) is 68.7. The number of nitrogens with zero attached hydrogens (tertiary/aromatic N) is 4. The highest BCUT2D eigenvalue weighted by molar-refractivity contribution is 6.40. The number of imidazole rings is 1. The van der Waals surface area contributed by atoms with E-state index in [9.17, 15) is 58.2 Å². The molecule has 0 saturated carbocycles. The molecule has 1 fully saturated rings. The fraction of sp³-hybridized carbons (Fsp3) is 0.653. The van der Waals surface area contributed by atoms with Crippen molar-refractivity contribution in [2.75, 3.05) is 45.8 Å². The summed E-state index contributed by atoms with van der Waals surface area (Å²) in [4.78, 5) is 151. The van der Waals surface area contributed by atoms with Crippen molar-refractivity contribution in [3.05, 3.63) is 30.0 Å². The molecular formula is C49H85N19O12. The Morgan fingerprint density at radius 3 is 2.10 bits per heavy atom.